The minimum Gasteiger partial charge on any atom is -0.494 e. The second kappa shape index (κ2) is 3.74. The van der Waals surface area contributed by atoms with Gasteiger partial charge < -0.3 is 4.74 Å². The number of thiophene rings is 1. The summed E-state index contributed by atoms with van der Waals surface area (Å²) in [5.41, 5.74) is 0. The van der Waals surface area contributed by atoms with E-state index in [0.717, 1.165) is 10.2 Å². The van der Waals surface area contributed by atoms with Gasteiger partial charge in [0.25, 0.3) is 0 Å². The Morgan fingerprint density at radius 1 is 1.46 bits per heavy atom. The lowest BCUT2D eigenvalue weighted by Crippen LogP contribution is -1.83. The number of benzene rings is 1. The quantitative estimate of drug-likeness (QED) is 0.683. The normalized spacial score (nSPS) is 10.7. The fourth-order valence-corrected chi connectivity index (χ4v) is 3.80. The van der Waals surface area contributed by atoms with Gasteiger partial charge in [-0.05, 0) is 44.6 Å². The number of ether oxygens (including phenoxy) is 1. The third kappa shape index (κ3) is 1.59. The molecule has 2 rings (SSSR count). The molecule has 1 nitrogen and oxygen atoms in total. The third-order valence-corrected chi connectivity index (χ3v) is 4.74. The van der Waals surface area contributed by atoms with Crippen molar-refractivity contribution in [2.75, 3.05) is 7.11 Å². The van der Waals surface area contributed by atoms with Gasteiger partial charge in [0.1, 0.15) is 0 Å². The maximum Gasteiger partial charge on any atom is 0.150 e. The van der Waals surface area contributed by atoms with Crippen LogP contribution < -0.4 is 4.74 Å². The first kappa shape index (κ1) is 9.73. The fraction of sp³-hybridized carbons (Fsp3) is 0.111. The highest BCUT2D eigenvalue weighted by atomic mass is 127. The van der Waals surface area contributed by atoms with Gasteiger partial charge in [0.2, 0.25) is 0 Å². The van der Waals surface area contributed by atoms with Gasteiger partial charge in [0.05, 0.1) is 16.3 Å². The first-order chi connectivity index (χ1) is 6.24. The zero-order valence-corrected chi connectivity index (χ0v) is 11.4. The Morgan fingerprint density at radius 2 is 2.23 bits per heavy atom. The van der Waals surface area contributed by atoms with Crippen LogP contribution in [0.4, 0.5) is 0 Å². The summed E-state index contributed by atoms with van der Waals surface area (Å²) in [6, 6.07) is 4.14. The molecule has 0 spiro atoms. The molecule has 0 saturated carbocycles. The summed E-state index contributed by atoms with van der Waals surface area (Å²) < 4.78 is 8.84. The van der Waals surface area contributed by atoms with E-state index in [4.69, 9.17) is 4.74 Å². The van der Waals surface area contributed by atoms with E-state index in [2.05, 4.69) is 50.0 Å². The van der Waals surface area contributed by atoms with E-state index < -0.39 is 0 Å². The Labute approximate surface area is 102 Å². The topological polar surface area (TPSA) is 9.23 Å². The van der Waals surface area contributed by atoms with Gasteiger partial charge in [-0.3, -0.25) is 0 Å². The van der Waals surface area contributed by atoms with Crippen LogP contribution in [0.1, 0.15) is 0 Å². The molecule has 0 amide bonds. The molecule has 0 bridgehead atoms. The van der Waals surface area contributed by atoms with Crippen molar-refractivity contribution in [1.82, 2.24) is 0 Å². The Balaban J connectivity index is 2.85. The van der Waals surface area contributed by atoms with Crippen molar-refractivity contribution in [3.8, 4) is 5.75 Å². The molecule has 0 atom stereocenters. The highest BCUT2D eigenvalue weighted by Gasteiger charge is 2.09. The Morgan fingerprint density at radius 3 is 2.92 bits per heavy atom. The van der Waals surface area contributed by atoms with E-state index in [1.807, 2.05) is 6.07 Å². The fourth-order valence-electron chi connectivity index (χ4n) is 1.21. The molecule has 0 aliphatic carbocycles. The third-order valence-electron chi connectivity index (χ3n) is 1.81. The van der Waals surface area contributed by atoms with Crippen LogP contribution in [0.5, 0.6) is 5.75 Å². The minimum absolute atomic E-state index is 0.936. The van der Waals surface area contributed by atoms with Crippen LogP contribution in [0.2, 0.25) is 0 Å². The van der Waals surface area contributed by atoms with Crippen molar-refractivity contribution in [1.29, 1.82) is 0 Å². The number of rotatable bonds is 1. The monoisotopic (exact) mass is 368 g/mol. The molecular weight excluding hydrogens is 363 g/mol. The van der Waals surface area contributed by atoms with E-state index in [0.29, 0.717) is 0 Å². The van der Waals surface area contributed by atoms with Crippen LogP contribution in [-0.4, -0.2) is 7.11 Å². The van der Waals surface area contributed by atoms with Gasteiger partial charge in [0, 0.05) is 14.3 Å². The molecule has 0 N–H and O–H groups in total. The zero-order valence-electron chi connectivity index (χ0n) is 6.80. The zero-order chi connectivity index (χ0) is 9.42. The lowest BCUT2D eigenvalue weighted by atomic mass is 10.2. The molecule has 0 saturated heterocycles. The molecule has 0 unspecified atom stereocenters. The Kier molecular flexibility index (Phi) is 2.80. The number of hydrogen-bond acceptors (Lipinski definition) is 2. The molecule has 1 aromatic carbocycles. The SMILES string of the molecule is COc1c(Br)ccc2c(I)csc12. The molecular formula is C9H6BrIOS. The van der Waals surface area contributed by atoms with Crippen molar-refractivity contribution in [2.45, 2.75) is 0 Å². The summed E-state index contributed by atoms with van der Waals surface area (Å²) in [6.07, 6.45) is 0. The molecule has 0 radical (unpaired) electrons. The number of hydrogen-bond donors (Lipinski definition) is 0. The van der Waals surface area contributed by atoms with Crippen molar-refractivity contribution < 1.29 is 4.74 Å². The van der Waals surface area contributed by atoms with Gasteiger partial charge in [-0.2, -0.15) is 0 Å². The summed E-state index contributed by atoms with van der Waals surface area (Å²) in [6.45, 7) is 0. The largest absolute Gasteiger partial charge is 0.494 e. The Hall–Kier alpha value is 0.190. The van der Waals surface area contributed by atoms with Crippen LogP contribution in [0.15, 0.2) is 22.0 Å². The lowest BCUT2D eigenvalue weighted by molar-refractivity contribution is 0.418. The highest BCUT2D eigenvalue weighted by molar-refractivity contribution is 14.1. The number of halogens is 2. The molecule has 1 heterocycles. The molecule has 0 aliphatic heterocycles. The maximum absolute atomic E-state index is 5.33. The average Bonchev–Trinajstić information content (AvgIpc) is 2.48. The van der Waals surface area contributed by atoms with Crippen LogP contribution in [0.3, 0.4) is 0 Å². The molecule has 68 valence electrons. The first-order valence-corrected chi connectivity index (χ1v) is 6.38. The van der Waals surface area contributed by atoms with Crippen molar-refractivity contribution in [2.24, 2.45) is 0 Å². The standard InChI is InChI=1S/C9H6BrIOS/c1-12-8-6(10)3-2-5-7(11)4-13-9(5)8/h2-4H,1H3. The average molecular weight is 369 g/mol. The van der Waals surface area contributed by atoms with Crippen LogP contribution in [0, 0.1) is 3.57 Å². The van der Waals surface area contributed by atoms with Gasteiger partial charge in [-0.25, -0.2) is 0 Å². The van der Waals surface area contributed by atoms with E-state index in [9.17, 15) is 0 Å². The van der Waals surface area contributed by atoms with E-state index >= 15 is 0 Å². The van der Waals surface area contributed by atoms with Crippen molar-refractivity contribution in [3.63, 3.8) is 0 Å². The van der Waals surface area contributed by atoms with Crippen LogP contribution in [-0.2, 0) is 0 Å². The van der Waals surface area contributed by atoms with Gasteiger partial charge >= 0.3 is 0 Å². The van der Waals surface area contributed by atoms with Crippen LogP contribution in [0.25, 0.3) is 10.1 Å². The molecule has 2 aromatic rings. The number of methoxy groups -OCH3 is 1. The molecule has 1 aromatic heterocycles. The summed E-state index contributed by atoms with van der Waals surface area (Å²) in [4.78, 5) is 0. The Bertz CT molecular complexity index is 452. The summed E-state index contributed by atoms with van der Waals surface area (Å²) >= 11 is 7.52. The molecule has 4 heteroatoms. The predicted octanol–water partition coefficient (Wildman–Crippen LogP) is 4.28. The van der Waals surface area contributed by atoms with Crippen molar-refractivity contribution >= 4 is 59.9 Å². The van der Waals surface area contributed by atoms with Crippen LogP contribution >= 0.6 is 49.9 Å². The van der Waals surface area contributed by atoms with Crippen molar-refractivity contribution in [3.05, 3.63) is 25.6 Å². The highest BCUT2D eigenvalue weighted by Crippen LogP contribution is 2.39. The number of fused-ring (bicyclic) bond motifs is 1. The molecule has 0 fully saturated rings. The summed E-state index contributed by atoms with van der Waals surface area (Å²) in [5.74, 6) is 0.936. The van der Waals surface area contributed by atoms with Gasteiger partial charge in [0.15, 0.2) is 5.75 Å². The van der Waals surface area contributed by atoms with E-state index in [1.54, 1.807) is 18.4 Å². The first-order valence-electron chi connectivity index (χ1n) is 3.63. The van der Waals surface area contributed by atoms with Gasteiger partial charge in [-0.1, -0.05) is 6.07 Å². The lowest BCUT2D eigenvalue weighted by Gasteiger charge is -2.03. The van der Waals surface area contributed by atoms with E-state index in [-0.39, 0.29) is 0 Å². The second-order valence-corrected chi connectivity index (χ2v) is 5.44. The molecule has 0 aliphatic rings. The van der Waals surface area contributed by atoms with Gasteiger partial charge in [-0.15, -0.1) is 11.3 Å². The second-order valence-electron chi connectivity index (χ2n) is 2.54. The predicted molar refractivity (Wildman–Crippen MR) is 68.8 cm³/mol. The maximum atomic E-state index is 5.33. The summed E-state index contributed by atoms with van der Waals surface area (Å²) in [7, 11) is 1.70. The molecule has 13 heavy (non-hydrogen) atoms. The summed E-state index contributed by atoms with van der Waals surface area (Å²) in [5, 5.41) is 3.41. The smallest absolute Gasteiger partial charge is 0.150 e. The van der Waals surface area contributed by atoms with E-state index in [1.165, 1.54) is 13.7 Å². The minimum atomic E-state index is 0.936.